The van der Waals surface area contributed by atoms with Crippen LogP contribution in [0.3, 0.4) is 0 Å². The molecule has 3 N–H and O–H groups in total. The Bertz CT molecular complexity index is 459. The first kappa shape index (κ1) is 16.3. The highest BCUT2D eigenvalue weighted by atomic mass is 35.5. The van der Waals surface area contributed by atoms with E-state index in [0.29, 0.717) is 17.1 Å². The molecule has 0 saturated carbocycles. The molecule has 0 radical (unpaired) electrons. The van der Waals surface area contributed by atoms with Gasteiger partial charge in [-0.3, -0.25) is 4.79 Å². The second-order valence-electron chi connectivity index (χ2n) is 5.64. The van der Waals surface area contributed by atoms with E-state index in [0.717, 1.165) is 38.5 Å². The van der Waals surface area contributed by atoms with Gasteiger partial charge in [-0.2, -0.15) is 0 Å². The zero-order chi connectivity index (χ0) is 15.1. The molecule has 1 heterocycles. The van der Waals surface area contributed by atoms with Crippen LogP contribution in [0, 0.1) is 5.92 Å². The van der Waals surface area contributed by atoms with Crippen LogP contribution < -0.4 is 11.1 Å². The van der Waals surface area contributed by atoms with Gasteiger partial charge in [-0.25, -0.2) is 0 Å². The first-order valence-electron chi connectivity index (χ1n) is 7.66. The van der Waals surface area contributed by atoms with Crippen molar-refractivity contribution in [1.29, 1.82) is 0 Å². The number of amides is 1. The van der Waals surface area contributed by atoms with E-state index in [-0.39, 0.29) is 5.91 Å². The minimum absolute atomic E-state index is 0.0205. The maximum absolute atomic E-state index is 12.0. The second kappa shape index (κ2) is 8.37. The first-order chi connectivity index (χ1) is 10.2. The molecular weight excluding hydrogens is 286 g/mol. The molecule has 1 fully saturated rings. The molecule has 1 aliphatic rings. The molecule has 0 aliphatic carbocycles. The van der Waals surface area contributed by atoms with Gasteiger partial charge in [0.2, 0.25) is 5.91 Å². The monoisotopic (exact) mass is 309 g/mol. The number of carbonyl (C=O) groups is 1. The van der Waals surface area contributed by atoms with E-state index in [1.165, 1.54) is 12.8 Å². The molecule has 116 valence electrons. The average Bonchev–Trinajstić information content (AvgIpc) is 2.49. The molecule has 1 saturated heterocycles. The number of nitrogens with two attached hydrogens (primary N) is 1. The second-order valence-corrected chi connectivity index (χ2v) is 6.05. The third-order valence-corrected chi connectivity index (χ3v) is 4.41. The number of nitrogens with one attached hydrogen (secondary N) is 1. The zero-order valence-corrected chi connectivity index (χ0v) is 13.1. The van der Waals surface area contributed by atoms with Crippen LogP contribution in [0.25, 0.3) is 0 Å². The lowest BCUT2D eigenvalue weighted by atomic mass is 9.93. The Labute approximate surface area is 131 Å². The van der Waals surface area contributed by atoms with Gasteiger partial charge >= 0.3 is 0 Å². The molecular formula is C16H24ClN3O. The molecule has 5 heteroatoms. The predicted octanol–water partition coefficient (Wildman–Crippen LogP) is 2.73. The SMILES string of the molecule is NCCC1CCN(CCC(=O)Nc2ccccc2Cl)CC1. The van der Waals surface area contributed by atoms with Crippen molar-refractivity contribution in [3.8, 4) is 0 Å². The van der Waals surface area contributed by atoms with Crippen LogP contribution in [0.2, 0.25) is 5.02 Å². The van der Waals surface area contributed by atoms with Crippen molar-refractivity contribution in [2.75, 3.05) is 31.5 Å². The van der Waals surface area contributed by atoms with E-state index in [4.69, 9.17) is 17.3 Å². The van der Waals surface area contributed by atoms with Gasteiger partial charge in [0.25, 0.3) is 0 Å². The lowest BCUT2D eigenvalue weighted by molar-refractivity contribution is -0.116. The first-order valence-corrected chi connectivity index (χ1v) is 8.03. The smallest absolute Gasteiger partial charge is 0.225 e. The van der Waals surface area contributed by atoms with Crippen molar-refractivity contribution in [2.45, 2.75) is 25.7 Å². The Kier molecular flexibility index (Phi) is 6.49. The molecule has 0 spiro atoms. The summed E-state index contributed by atoms with van der Waals surface area (Å²) in [4.78, 5) is 14.3. The Morgan fingerprint density at radius 2 is 2.05 bits per heavy atom. The molecule has 1 amide bonds. The lowest BCUT2D eigenvalue weighted by Crippen LogP contribution is -2.36. The number of halogens is 1. The summed E-state index contributed by atoms with van der Waals surface area (Å²) >= 11 is 6.03. The van der Waals surface area contributed by atoms with Gasteiger partial charge in [0.15, 0.2) is 0 Å². The average molecular weight is 310 g/mol. The van der Waals surface area contributed by atoms with Gasteiger partial charge in [0.05, 0.1) is 10.7 Å². The maximum Gasteiger partial charge on any atom is 0.225 e. The van der Waals surface area contributed by atoms with Gasteiger partial charge in [-0.1, -0.05) is 23.7 Å². The minimum Gasteiger partial charge on any atom is -0.330 e. The van der Waals surface area contributed by atoms with Crippen LogP contribution in [-0.4, -0.2) is 37.0 Å². The quantitative estimate of drug-likeness (QED) is 0.849. The summed E-state index contributed by atoms with van der Waals surface area (Å²) in [5.74, 6) is 0.787. The third kappa shape index (κ3) is 5.30. The lowest BCUT2D eigenvalue weighted by Gasteiger charge is -2.31. The van der Waals surface area contributed by atoms with Gasteiger partial charge in [0, 0.05) is 13.0 Å². The van der Waals surface area contributed by atoms with Crippen LogP contribution in [0.4, 0.5) is 5.69 Å². The van der Waals surface area contributed by atoms with E-state index >= 15 is 0 Å². The van der Waals surface area contributed by atoms with Gasteiger partial charge < -0.3 is 16.0 Å². The molecule has 1 aliphatic heterocycles. The molecule has 0 bridgehead atoms. The molecule has 21 heavy (non-hydrogen) atoms. The fourth-order valence-corrected chi connectivity index (χ4v) is 2.95. The minimum atomic E-state index is 0.0205. The Morgan fingerprint density at radius 3 is 2.71 bits per heavy atom. The molecule has 2 rings (SSSR count). The van der Waals surface area contributed by atoms with Crippen molar-refractivity contribution in [3.05, 3.63) is 29.3 Å². The summed E-state index contributed by atoms with van der Waals surface area (Å²) < 4.78 is 0. The summed E-state index contributed by atoms with van der Waals surface area (Å²) in [5.41, 5.74) is 6.29. The molecule has 1 aromatic rings. The van der Waals surface area contributed by atoms with E-state index < -0.39 is 0 Å². The fourth-order valence-electron chi connectivity index (χ4n) is 2.77. The van der Waals surface area contributed by atoms with Crippen molar-refractivity contribution < 1.29 is 4.79 Å². The standard InChI is InChI=1S/C16H24ClN3O/c17-14-3-1-2-4-15(14)19-16(21)8-12-20-10-6-13(5-9-18)7-11-20/h1-4,13H,5-12,18H2,(H,19,21). The summed E-state index contributed by atoms with van der Waals surface area (Å²) in [6.45, 7) is 3.74. The fraction of sp³-hybridized carbons (Fsp3) is 0.562. The number of rotatable bonds is 6. The van der Waals surface area contributed by atoms with E-state index in [9.17, 15) is 4.79 Å². The summed E-state index contributed by atoms with van der Waals surface area (Å²) in [5, 5.41) is 3.44. The van der Waals surface area contributed by atoms with Crippen LogP contribution in [0.1, 0.15) is 25.7 Å². The van der Waals surface area contributed by atoms with E-state index in [1.807, 2.05) is 18.2 Å². The number of nitrogens with zero attached hydrogens (tertiary/aromatic N) is 1. The predicted molar refractivity (Wildman–Crippen MR) is 87.5 cm³/mol. The number of carbonyl (C=O) groups excluding carboxylic acids is 1. The van der Waals surface area contributed by atoms with E-state index in [2.05, 4.69) is 10.2 Å². The molecule has 0 unspecified atom stereocenters. The van der Waals surface area contributed by atoms with E-state index in [1.54, 1.807) is 6.07 Å². The van der Waals surface area contributed by atoms with Gasteiger partial charge in [-0.15, -0.1) is 0 Å². The Balaban J connectivity index is 1.69. The molecule has 1 aromatic carbocycles. The summed E-state index contributed by atoms with van der Waals surface area (Å²) in [6.07, 6.45) is 4.03. The number of hydrogen-bond acceptors (Lipinski definition) is 3. The number of piperidine rings is 1. The van der Waals surface area contributed by atoms with Crippen LogP contribution >= 0.6 is 11.6 Å². The molecule has 4 nitrogen and oxygen atoms in total. The van der Waals surface area contributed by atoms with Crippen LogP contribution in [-0.2, 0) is 4.79 Å². The number of hydrogen-bond donors (Lipinski definition) is 2. The van der Waals surface area contributed by atoms with Crippen molar-refractivity contribution >= 4 is 23.2 Å². The number of likely N-dealkylation sites (tertiary alicyclic amines) is 1. The summed E-state index contributed by atoms with van der Waals surface area (Å²) in [6, 6.07) is 7.31. The Morgan fingerprint density at radius 1 is 1.33 bits per heavy atom. The largest absolute Gasteiger partial charge is 0.330 e. The highest BCUT2D eigenvalue weighted by Gasteiger charge is 2.18. The summed E-state index contributed by atoms with van der Waals surface area (Å²) in [7, 11) is 0. The number of para-hydroxylation sites is 1. The van der Waals surface area contributed by atoms with Gasteiger partial charge in [-0.05, 0) is 56.9 Å². The van der Waals surface area contributed by atoms with Crippen molar-refractivity contribution in [2.24, 2.45) is 11.7 Å². The number of benzene rings is 1. The molecule has 0 atom stereocenters. The van der Waals surface area contributed by atoms with Gasteiger partial charge in [0.1, 0.15) is 0 Å². The Hall–Kier alpha value is -1.10. The van der Waals surface area contributed by atoms with Crippen LogP contribution in [0.5, 0.6) is 0 Å². The zero-order valence-electron chi connectivity index (χ0n) is 12.4. The number of anilines is 1. The highest BCUT2D eigenvalue weighted by Crippen LogP contribution is 2.21. The van der Waals surface area contributed by atoms with Crippen molar-refractivity contribution in [3.63, 3.8) is 0 Å². The topological polar surface area (TPSA) is 58.4 Å². The normalized spacial score (nSPS) is 16.9. The maximum atomic E-state index is 12.0. The highest BCUT2D eigenvalue weighted by molar-refractivity contribution is 6.33. The molecule has 0 aromatic heterocycles. The van der Waals surface area contributed by atoms with Crippen molar-refractivity contribution in [1.82, 2.24) is 4.90 Å². The van der Waals surface area contributed by atoms with Crippen LogP contribution in [0.15, 0.2) is 24.3 Å². The third-order valence-electron chi connectivity index (χ3n) is 4.09.